The van der Waals surface area contributed by atoms with E-state index in [2.05, 4.69) is 4.98 Å². The third kappa shape index (κ3) is 3.12. The highest BCUT2D eigenvalue weighted by Gasteiger charge is 2.24. The van der Waals surface area contributed by atoms with Gasteiger partial charge in [-0.2, -0.15) is 0 Å². The predicted octanol–water partition coefficient (Wildman–Crippen LogP) is 5.23. The summed E-state index contributed by atoms with van der Waals surface area (Å²) in [5.74, 6) is -1.36. The maximum absolute atomic E-state index is 15.6. The lowest BCUT2D eigenvalue weighted by atomic mass is 9.88. The fraction of sp³-hybridized carbons (Fsp3) is 0.160. The molecule has 5 rings (SSSR count). The van der Waals surface area contributed by atoms with E-state index in [1.807, 2.05) is 6.07 Å². The Balaban J connectivity index is 1.61. The van der Waals surface area contributed by atoms with Crippen LogP contribution in [0.5, 0.6) is 0 Å². The van der Waals surface area contributed by atoms with Crippen LogP contribution in [0.4, 0.5) is 4.39 Å². The average Bonchev–Trinajstić information content (AvgIpc) is 3.19. The Kier molecular flexibility index (Phi) is 4.67. The molecule has 2 N–H and O–H groups in total. The molecule has 0 aliphatic heterocycles. The second-order valence-electron chi connectivity index (χ2n) is 7.93. The van der Waals surface area contributed by atoms with Crippen LogP contribution in [0.2, 0.25) is 0 Å². The van der Waals surface area contributed by atoms with Crippen molar-refractivity contribution in [3.8, 4) is 22.4 Å². The Morgan fingerprint density at radius 1 is 1.03 bits per heavy atom. The Bertz CT molecular complexity index is 1500. The van der Waals surface area contributed by atoms with Gasteiger partial charge < -0.3 is 10.1 Å². The van der Waals surface area contributed by atoms with Crippen LogP contribution < -0.4 is 0 Å². The van der Waals surface area contributed by atoms with Crippen molar-refractivity contribution in [2.45, 2.75) is 24.7 Å². The fourth-order valence-electron chi connectivity index (χ4n) is 4.44. The molecule has 0 bridgehead atoms. The van der Waals surface area contributed by atoms with Crippen molar-refractivity contribution >= 4 is 26.7 Å². The summed E-state index contributed by atoms with van der Waals surface area (Å²) in [6.45, 7) is 1.59. The van der Waals surface area contributed by atoms with Crippen LogP contribution in [-0.4, -0.2) is 30.2 Å². The smallest absolute Gasteiger partial charge is 0.335 e. The van der Waals surface area contributed by atoms with E-state index in [1.54, 1.807) is 43.3 Å². The second-order valence-corrected chi connectivity index (χ2v) is 10.2. The highest BCUT2D eigenvalue weighted by atomic mass is 32.2. The van der Waals surface area contributed by atoms with Gasteiger partial charge in [0.25, 0.3) is 0 Å². The van der Waals surface area contributed by atoms with Crippen LogP contribution in [0.25, 0.3) is 33.3 Å². The molecule has 0 unspecified atom stereocenters. The quantitative estimate of drug-likeness (QED) is 0.447. The lowest BCUT2D eigenvalue weighted by molar-refractivity contribution is 0.0696. The lowest BCUT2D eigenvalue weighted by Gasteiger charge is -2.17. The Labute approximate surface area is 184 Å². The summed E-state index contributed by atoms with van der Waals surface area (Å²) in [5, 5.41) is 10.1. The zero-order valence-electron chi connectivity index (χ0n) is 17.3. The molecule has 0 fully saturated rings. The molecule has 162 valence electrons. The maximum Gasteiger partial charge on any atom is 0.335 e. The zero-order valence-corrected chi connectivity index (χ0v) is 18.1. The molecule has 7 heteroatoms. The molecule has 1 heterocycles. The van der Waals surface area contributed by atoms with Crippen LogP contribution in [0.15, 0.2) is 59.5 Å². The van der Waals surface area contributed by atoms with Gasteiger partial charge in [0, 0.05) is 16.5 Å². The number of rotatable bonds is 4. The first-order valence-corrected chi connectivity index (χ1v) is 12.0. The van der Waals surface area contributed by atoms with Crippen molar-refractivity contribution in [3.05, 3.63) is 77.1 Å². The number of hydrogen-bond donors (Lipinski definition) is 2. The molecule has 4 aromatic rings. The number of hydrogen-bond acceptors (Lipinski definition) is 3. The van der Waals surface area contributed by atoms with Gasteiger partial charge in [-0.25, -0.2) is 17.6 Å². The number of H-pyrrole nitrogens is 1. The number of halogens is 1. The maximum atomic E-state index is 15.6. The summed E-state index contributed by atoms with van der Waals surface area (Å²) in [5.41, 5.74) is 5.28. The molecule has 3 aromatic carbocycles. The minimum absolute atomic E-state index is 0.0100. The lowest BCUT2D eigenvalue weighted by Crippen LogP contribution is -2.05. The summed E-state index contributed by atoms with van der Waals surface area (Å²) in [7, 11) is -3.32. The summed E-state index contributed by atoms with van der Waals surface area (Å²) >= 11 is 0. The summed E-state index contributed by atoms with van der Waals surface area (Å²) in [6, 6.07) is 14.9. The van der Waals surface area contributed by atoms with Crippen LogP contribution >= 0.6 is 0 Å². The summed E-state index contributed by atoms with van der Waals surface area (Å²) < 4.78 is 39.7. The van der Waals surface area contributed by atoms with Gasteiger partial charge in [-0.15, -0.1) is 0 Å². The van der Waals surface area contributed by atoms with E-state index in [-0.39, 0.29) is 16.2 Å². The number of benzene rings is 3. The first-order chi connectivity index (χ1) is 15.3. The standard InChI is InChI=1S/C25H20FNO4S/c1-2-32(30,31)17-7-3-14(4-8-17)18-11-12-21-20-10-5-15-13-16(25(28)29)6-9-19(15)23(20)27-24(21)22(18)26/h3-4,6-9,11-13,27H,2,5,10H2,1H3,(H,28,29). The number of aromatic nitrogens is 1. The van der Waals surface area contributed by atoms with Gasteiger partial charge in [0.15, 0.2) is 15.7 Å². The van der Waals surface area contributed by atoms with Gasteiger partial charge in [0.2, 0.25) is 0 Å². The Morgan fingerprint density at radius 3 is 2.44 bits per heavy atom. The first kappa shape index (κ1) is 20.5. The van der Waals surface area contributed by atoms with E-state index in [0.717, 1.165) is 27.8 Å². The number of aromatic amines is 1. The largest absolute Gasteiger partial charge is 0.478 e. The topological polar surface area (TPSA) is 87.2 Å². The van der Waals surface area contributed by atoms with Gasteiger partial charge >= 0.3 is 5.97 Å². The van der Waals surface area contributed by atoms with Crippen LogP contribution in [-0.2, 0) is 22.7 Å². The van der Waals surface area contributed by atoms with E-state index in [1.165, 1.54) is 12.1 Å². The number of carboxylic acids is 1. The zero-order chi connectivity index (χ0) is 22.6. The van der Waals surface area contributed by atoms with Gasteiger partial charge in [0.05, 0.1) is 27.4 Å². The number of sulfone groups is 1. The number of carbonyl (C=O) groups is 1. The number of aryl methyl sites for hydroxylation is 2. The highest BCUT2D eigenvalue weighted by molar-refractivity contribution is 7.91. The highest BCUT2D eigenvalue weighted by Crippen LogP contribution is 2.40. The van der Waals surface area contributed by atoms with Crippen molar-refractivity contribution in [1.82, 2.24) is 4.98 Å². The minimum Gasteiger partial charge on any atom is -0.478 e. The van der Waals surface area contributed by atoms with Gasteiger partial charge in [-0.1, -0.05) is 37.3 Å². The van der Waals surface area contributed by atoms with Crippen LogP contribution in [0.1, 0.15) is 28.4 Å². The normalized spacial score (nSPS) is 13.1. The van der Waals surface area contributed by atoms with Crippen molar-refractivity contribution in [2.75, 3.05) is 5.75 Å². The first-order valence-electron chi connectivity index (χ1n) is 10.3. The van der Waals surface area contributed by atoms with Crippen LogP contribution in [0, 0.1) is 5.82 Å². The van der Waals surface area contributed by atoms with E-state index in [9.17, 15) is 18.3 Å². The number of aromatic carboxylic acids is 1. The molecule has 1 aliphatic carbocycles. The molecule has 1 aliphatic rings. The van der Waals surface area contributed by atoms with E-state index in [0.29, 0.717) is 29.5 Å². The third-order valence-electron chi connectivity index (χ3n) is 6.19. The summed E-state index contributed by atoms with van der Waals surface area (Å²) in [4.78, 5) is 14.7. The monoisotopic (exact) mass is 449 g/mol. The van der Waals surface area contributed by atoms with E-state index >= 15 is 4.39 Å². The van der Waals surface area contributed by atoms with Gasteiger partial charge in [0.1, 0.15) is 0 Å². The molecule has 5 nitrogen and oxygen atoms in total. The van der Waals surface area contributed by atoms with E-state index in [4.69, 9.17) is 0 Å². The van der Waals surface area contributed by atoms with Gasteiger partial charge in [-0.05, 0) is 53.8 Å². The molecule has 0 saturated heterocycles. The molecule has 32 heavy (non-hydrogen) atoms. The third-order valence-corrected chi connectivity index (χ3v) is 7.94. The molecular weight excluding hydrogens is 429 g/mol. The van der Waals surface area contributed by atoms with Crippen molar-refractivity contribution in [1.29, 1.82) is 0 Å². The van der Waals surface area contributed by atoms with Crippen LogP contribution in [0.3, 0.4) is 0 Å². The van der Waals surface area contributed by atoms with Crippen molar-refractivity contribution in [2.24, 2.45) is 0 Å². The Morgan fingerprint density at radius 2 is 1.75 bits per heavy atom. The molecule has 0 radical (unpaired) electrons. The fourth-order valence-corrected chi connectivity index (χ4v) is 5.33. The molecular formula is C25H20FNO4S. The molecule has 0 atom stereocenters. The van der Waals surface area contributed by atoms with Gasteiger partial charge in [-0.3, -0.25) is 0 Å². The molecule has 0 saturated carbocycles. The minimum atomic E-state index is -3.32. The Hall–Kier alpha value is -3.45. The molecule has 0 spiro atoms. The van der Waals surface area contributed by atoms with Crippen molar-refractivity contribution < 1.29 is 22.7 Å². The number of nitrogens with one attached hydrogen (secondary N) is 1. The average molecular weight is 450 g/mol. The molecule has 1 aromatic heterocycles. The second kappa shape index (κ2) is 7.31. The predicted molar refractivity (Wildman–Crippen MR) is 121 cm³/mol. The number of fused-ring (bicyclic) bond motifs is 5. The van der Waals surface area contributed by atoms with E-state index < -0.39 is 21.6 Å². The number of carboxylic acid groups (broad SMARTS) is 1. The summed E-state index contributed by atoms with van der Waals surface area (Å²) in [6.07, 6.45) is 1.38. The SMILES string of the molecule is CCS(=O)(=O)c1ccc(-c2ccc3c4c([nH]c3c2F)-c2ccc(C(=O)O)cc2CC4)cc1. The van der Waals surface area contributed by atoms with Crippen molar-refractivity contribution in [3.63, 3.8) is 0 Å². The molecule has 0 amide bonds.